The highest BCUT2D eigenvalue weighted by molar-refractivity contribution is 7.93. The quantitative estimate of drug-likeness (QED) is 0.627. The molecular weight excluding hydrogens is 406 g/mol. The minimum absolute atomic E-state index is 0.0334. The molecule has 2 N–H and O–H groups in total. The van der Waals surface area contributed by atoms with Gasteiger partial charge >= 0.3 is 0 Å². The van der Waals surface area contributed by atoms with Crippen molar-refractivity contribution in [2.24, 2.45) is 0 Å². The maximum absolute atomic E-state index is 12.3. The maximum Gasteiger partial charge on any atom is 0.263 e. The topological polar surface area (TPSA) is 88.2 Å². The molecule has 1 heterocycles. The summed E-state index contributed by atoms with van der Waals surface area (Å²) in [6.07, 6.45) is 0.0334. The Morgan fingerprint density at radius 2 is 1.93 bits per heavy atom. The zero-order chi connectivity index (χ0) is 19.4. The molecule has 0 aliphatic rings. The summed E-state index contributed by atoms with van der Waals surface area (Å²) in [6, 6.07) is 13.2. The summed E-state index contributed by atoms with van der Waals surface area (Å²) in [6.45, 7) is 1.85. The third-order valence-corrected chi connectivity index (χ3v) is 6.16. The lowest BCUT2D eigenvalue weighted by Gasteiger charge is -2.08. The number of rotatable bonds is 6. The molecule has 140 valence electrons. The van der Waals surface area contributed by atoms with Crippen molar-refractivity contribution in [1.82, 2.24) is 4.98 Å². The van der Waals surface area contributed by atoms with E-state index in [1.165, 1.54) is 12.1 Å². The number of amides is 1. The minimum atomic E-state index is -3.70. The fourth-order valence-corrected chi connectivity index (χ4v) is 4.55. The van der Waals surface area contributed by atoms with Crippen LogP contribution in [0, 0.1) is 6.92 Å². The van der Waals surface area contributed by atoms with Gasteiger partial charge in [0.2, 0.25) is 5.91 Å². The SMILES string of the molecule is Cc1cc(Cl)ccc1NC(=O)Cc1csc(NS(=O)(=O)c2ccccc2)n1. The van der Waals surface area contributed by atoms with Crippen LogP contribution in [-0.4, -0.2) is 19.3 Å². The van der Waals surface area contributed by atoms with Crippen molar-refractivity contribution < 1.29 is 13.2 Å². The van der Waals surface area contributed by atoms with Gasteiger partial charge in [0.25, 0.3) is 10.0 Å². The van der Waals surface area contributed by atoms with Crippen LogP contribution in [0.3, 0.4) is 0 Å². The lowest BCUT2D eigenvalue weighted by molar-refractivity contribution is -0.115. The number of benzene rings is 2. The number of carbonyl (C=O) groups is 1. The predicted octanol–water partition coefficient (Wildman–Crippen LogP) is 4.09. The van der Waals surface area contributed by atoms with Gasteiger partial charge in [-0.05, 0) is 42.8 Å². The Morgan fingerprint density at radius 3 is 2.63 bits per heavy atom. The lowest BCUT2D eigenvalue weighted by Crippen LogP contribution is -2.16. The van der Waals surface area contributed by atoms with E-state index in [0.29, 0.717) is 16.4 Å². The fourth-order valence-electron chi connectivity index (χ4n) is 2.33. The van der Waals surface area contributed by atoms with Crippen LogP contribution >= 0.6 is 22.9 Å². The van der Waals surface area contributed by atoms with E-state index in [2.05, 4.69) is 15.0 Å². The third kappa shape index (κ3) is 5.06. The zero-order valence-electron chi connectivity index (χ0n) is 14.3. The molecule has 0 aliphatic heterocycles. The van der Waals surface area contributed by atoms with Crippen molar-refractivity contribution in [2.45, 2.75) is 18.2 Å². The monoisotopic (exact) mass is 421 g/mol. The predicted molar refractivity (Wildman–Crippen MR) is 108 cm³/mol. The van der Waals surface area contributed by atoms with E-state index in [9.17, 15) is 13.2 Å². The van der Waals surface area contributed by atoms with E-state index in [4.69, 9.17) is 11.6 Å². The highest BCUT2D eigenvalue weighted by atomic mass is 35.5. The maximum atomic E-state index is 12.3. The summed E-state index contributed by atoms with van der Waals surface area (Å²) < 4.78 is 27.0. The first kappa shape index (κ1) is 19.3. The van der Waals surface area contributed by atoms with Gasteiger partial charge in [-0.2, -0.15) is 0 Å². The summed E-state index contributed by atoms with van der Waals surface area (Å²) in [4.78, 5) is 16.6. The van der Waals surface area contributed by atoms with Crippen LogP contribution in [-0.2, 0) is 21.2 Å². The van der Waals surface area contributed by atoms with E-state index < -0.39 is 10.0 Å². The van der Waals surface area contributed by atoms with Crippen molar-refractivity contribution in [1.29, 1.82) is 0 Å². The van der Waals surface area contributed by atoms with Crippen LogP contribution in [0.5, 0.6) is 0 Å². The number of hydrogen-bond acceptors (Lipinski definition) is 5. The van der Waals surface area contributed by atoms with Crippen LogP contribution in [0.2, 0.25) is 5.02 Å². The van der Waals surface area contributed by atoms with Gasteiger partial charge in [0.05, 0.1) is 17.0 Å². The highest BCUT2D eigenvalue weighted by Crippen LogP contribution is 2.22. The van der Waals surface area contributed by atoms with Crippen LogP contribution in [0.4, 0.5) is 10.8 Å². The van der Waals surface area contributed by atoms with E-state index in [1.54, 1.807) is 41.8 Å². The summed E-state index contributed by atoms with van der Waals surface area (Å²) in [5, 5.41) is 5.26. The van der Waals surface area contributed by atoms with Crippen molar-refractivity contribution in [3.05, 3.63) is 70.2 Å². The number of aromatic nitrogens is 1. The summed E-state index contributed by atoms with van der Waals surface area (Å²) in [5.74, 6) is -0.247. The molecule has 0 saturated carbocycles. The Morgan fingerprint density at radius 1 is 1.19 bits per heavy atom. The number of aryl methyl sites for hydroxylation is 1. The van der Waals surface area contributed by atoms with Gasteiger partial charge in [-0.3, -0.25) is 9.52 Å². The van der Waals surface area contributed by atoms with Gasteiger partial charge in [0, 0.05) is 16.1 Å². The molecule has 6 nitrogen and oxygen atoms in total. The molecule has 0 saturated heterocycles. The van der Waals surface area contributed by atoms with E-state index in [1.807, 2.05) is 6.92 Å². The number of sulfonamides is 1. The van der Waals surface area contributed by atoms with Gasteiger partial charge in [0.1, 0.15) is 0 Å². The van der Waals surface area contributed by atoms with Crippen molar-refractivity contribution >= 4 is 49.7 Å². The molecule has 3 aromatic rings. The molecule has 0 radical (unpaired) electrons. The molecule has 0 fully saturated rings. The Hall–Kier alpha value is -2.42. The number of nitrogens with one attached hydrogen (secondary N) is 2. The second kappa shape index (κ2) is 8.08. The van der Waals surface area contributed by atoms with E-state index >= 15 is 0 Å². The van der Waals surface area contributed by atoms with Crippen LogP contribution in [0.25, 0.3) is 0 Å². The molecule has 1 amide bonds. The molecule has 0 aliphatic carbocycles. The molecule has 0 bridgehead atoms. The highest BCUT2D eigenvalue weighted by Gasteiger charge is 2.16. The number of carbonyl (C=O) groups excluding carboxylic acids is 1. The number of thiazole rings is 1. The van der Waals surface area contributed by atoms with Crippen LogP contribution in [0.1, 0.15) is 11.3 Å². The smallest absolute Gasteiger partial charge is 0.263 e. The Labute approximate surface area is 166 Å². The van der Waals surface area contributed by atoms with Crippen molar-refractivity contribution in [3.8, 4) is 0 Å². The van der Waals surface area contributed by atoms with Crippen LogP contribution < -0.4 is 10.0 Å². The molecule has 2 aromatic carbocycles. The van der Waals surface area contributed by atoms with E-state index in [-0.39, 0.29) is 22.4 Å². The Kier molecular flexibility index (Phi) is 5.79. The Balaban J connectivity index is 1.65. The number of hydrogen-bond donors (Lipinski definition) is 2. The molecule has 3 rings (SSSR count). The summed E-state index contributed by atoms with van der Waals surface area (Å²) in [5.41, 5.74) is 2.00. The van der Waals surface area contributed by atoms with Crippen molar-refractivity contribution in [2.75, 3.05) is 10.0 Å². The van der Waals surface area contributed by atoms with Gasteiger partial charge in [-0.15, -0.1) is 11.3 Å². The van der Waals surface area contributed by atoms with Gasteiger partial charge in [0.15, 0.2) is 5.13 Å². The third-order valence-electron chi connectivity index (χ3n) is 3.63. The fraction of sp³-hybridized carbons (Fsp3) is 0.111. The number of anilines is 2. The average Bonchev–Trinajstić information content (AvgIpc) is 3.04. The van der Waals surface area contributed by atoms with Gasteiger partial charge < -0.3 is 5.32 Å². The second-order valence-corrected chi connectivity index (χ2v) is 8.72. The first-order valence-corrected chi connectivity index (χ1v) is 10.7. The van der Waals surface area contributed by atoms with Gasteiger partial charge in [-0.25, -0.2) is 13.4 Å². The summed E-state index contributed by atoms with van der Waals surface area (Å²) >= 11 is 7.03. The van der Waals surface area contributed by atoms with Crippen molar-refractivity contribution in [3.63, 3.8) is 0 Å². The molecule has 0 atom stereocenters. The molecule has 9 heteroatoms. The first-order valence-electron chi connectivity index (χ1n) is 7.92. The normalized spacial score (nSPS) is 11.2. The van der Waals surface area contributed by atoms with Gasteiger partial charge in [-0.1, -0.05) is 29.8 Å². The summed E-state index contributed by atoms with van der Waals surface area (Å²) in [7, 11) is -3.70. The van der Waals surface area contributed by atoms with E-state index in [0.717, 1.165) is 16.9 Å². The average molecular weight is 422 g/mol. The molecule has 27 heavy (non-hydrogen) atoms. The molecule has 0 unspecified atom stereocenters. The standard InChI is InChI=1S/C18H16ClN3O3S2/c1-12-9-13(19)7-8-16(12)21-17(23)10-14-11-26-18(20-14)22-27(24,25)15-5-3-2-4-6-15/h2-9,11H,10H2,1H3,(H,20,22)(H,21,23). The second-order valence-electron chi connectivity index (χ2n) is 5.75. The van der Waals surface area contributed by atoms with Crippen LogP contribution in [0.15, 0.2) is 58.8 Å². The molecule has 1 aromatic heterocycles. The number of halogens is 1. The first-order chi connectivity index (χ1) is 12.8. The largest absolute Gasteiger partial charge is 0.326 e. The molecular formula is C18H16ClN3O3S2. The minimum Gasteiger partial charge on any atom is -0.326 e. The zero-order valence-corrected chi connectivity index (χ0v) is 16.7. The number of nitrogens with zero attached hydrogens (tertiary/aromatic N) is 1. The Bertz CT molecular complexity index is 1070. The lowest BCUT2D eigenvalue weighted by atomic mass is 10.2. The molecule has 0 spiro atoms.